The molecule has 0 fully saturated rings. The number of ether oxygens (including phenoxy) is 7. The van der Waals surface area contributed by atoms with Gasteiger partial charge in [0.25, 0.3) is 0 Å². The van der Waals surface area contributed by atoms with Crippen LogP contribution in [-0.4, -0.2) is 60.0 Å². The number of esters is 1. The Labute approximate surface area is 254 Å². The minimum absolute atomic E-state index is 0.0197. The van der Waals surface area contributed by atoms with Crippen LogP contribution < -0.4 is 15.2 Å². The summed E-state index contributed by atoms with van der Waals surface area (Å²) >= 11 is 0. The summed E-state index contributed by atoms with van der Waals surface area (Å²) < 4.78 is 37.2. The van der Waals surface area contributed by atoms with Gasteiger partial charge in [0.05, 0.1) is 0 Å². The third-order valence-corrected chi connectivity index (χ3v) is 7.04. The molecule has 0 aliphatic heterocycles. The Morgan fingerprint density at radius 2 is 1.16 bits per heavy atom. The fourth-order valence-electron chi connectivity index (χ4n) is 2.93. The van der Waals surface area contributed by atoms with Crippen molar-refractivity contribution in [3.8, 4) is 11.5 Å². The van der Waals surface area contributed by atoms with E-state index >= 15 is 0 Å². The second-order valence-corrected chi connectivity index (χ2v) is 12.0. The van der Waals surface area contributed by atoms with Gasteiger partial charge < -0.3 is 38.9 Å². The van der Waals surface area contributed by atoms with E-state index in [4.69, 9.17) is 38.9 Å². The molecular weight excluding hydrogens is 562 g/mol. The third kappa shape index (κ3) is 13.5. The van der Waals surface area contributed by atoms with Crippen LogP contribution in [0.3, 0.4) is 0 Å². The van der Waals surface area contributed by atoms with Gasteiger partial charge in [-0.3, -0.25) is 4.79 Å². The van der Waals surface area contributed by atoms with Crippen LogP contribution in [0.2, 0.25) is 0 Å². The first-order valence-corrected chi connectivity index (χ1v) is 14.6. The summed E-state index contributed by atoms with van der Waals surface area (Å²) in [6, 6.07) is 3.23. The first-order valence-electron chi connectivity index (χ1n) is 14.6. The maximum absolute atomic E-state index is 12.7. The van der Waals surface area contributed by atoms with Crippen LogP contribution in [0.25, 0.3) is 0 Å². The van der Waals surface area contributed by atoms with Gasteiger partial charge in [-0.25, -0.2) is 14.4 Å². The Balaban J connectivity index is 3.00. The van der Waals surface area contributed by atoms with Gasteiger partial charge in [0.1, 0.15) is 35.6 Å². The molecule has 0 amide bonds. The van der Waals surface area contributed by atoms with Crippen molar-refractivity contribution in [1.29, 1.82) is 0 Å². The van der Waals surface area contributed by atoms with E-state index in [1.807, 2.05) is 27.7 Å². The Kier molecular flexibility index (Phi) is 14.2. The lowest BCUT2D eigenvalue weighted by atomic mass is 10.1. The number of nitrogens with two attached hydrogens (primary N) is 1. The minimum Gasteiger partial charge on any atom is -0.458 e. The van der Waals surface area contributed by atoms with Crippen LogP contribution in [0.5, 0.6) is 11.5 Å². The summed E-state index contributed by atoms with van der Waals surface area (Å²) in [6.45, 7) is 19.3. The van der Waals surface area contributed by atoms with Crippen LogP contribution >= 0.6 is 0 Å². The van der Waals surface area contributed by atoms with Gasteiger partial charge in [-0.05, 0) is 91.3 Å². The van der Waals surface area contributed by atoms with E-state index in [0.29, 0.717) is 18.4 Å². The third-order valence-electron chi connectivity index (χ3n) is 7.04. The molecule has 0 heterocycles. The summed E-state index contributed by atoms with van der Waals surface area (Å²) in [7, 11) is 0. The molecule has 2 unspecified atom stereocenters. The zero-order valence-electron chi connectivity index (χ0n) is 27.3. The summed E-state index contributed by atoms with van der Waals surface area (Å²) in [6.07, 6.45) is -3.76. The van der Waals surface area contributed by atoms with Crippen LogP contribution in [-0.2, 0) is 34.9 Å². The highest BCUT2D eigenvalue weighted by Gasteiger charge is 2.28. The SMILES string of the molecule is CCC(C)(C)OC(=O)Oc1ccc(C[C@H](N)C(=O)O[C@@H](C)C(C)OC(=O)OC(C)C(C)C)cc1OC(=O)OC(C)(C)CC. The zero-order chi connectivity index (χ0) is 33.1. The standard InChI is InChI=1S/C31H49NO11/c1-12-30(8,9)42-28(35)40-24-15-14-22(17-25(24)41-29(36)43-31(10,11)13-2)16-23(32)26(33)37-20(6)21(7)39-27(34)38-19(5)18(3)4/h14-15,17-21,23H,12-13,16,32H2,1-11H3/t19?,20-,21?,23-/m0/s1. The summed E-state index contributed by atoms with van der Waals surface area (Å²) in [5, 5.41) is 0. The maximum atomic E-state index is 12.7. The van der Waals surface area contributed by atoms with Gasteiger partial charge in [0.15, 0.2) is 11.5 Å². The fourth-order valence-corrected chi connectivity index (χ4v) is 2.93. The highest BCUT2D eigenvalue weighted by molar-refractivity contribution is 5.76. The van der Waals surface area contributed by atoms with E-state index in [1.54, 1.807) is 54.5 Å². The normalized spacial score (nSPS) is 14.5. The van der Waals surface area contributed by atoms with Gasteiger partial charge in [-0.15, -0.1) is 0 Å². The van der Waals surface area contributed by atoms with E-state index in [-0.39, 0.29) is 29.9 Å². The molecule has 4 atom stereocenters. The van der Waals surface area contributed by atoms with Crippen molar-refractivity contribution < 1.29 is 52.3 Å². The molecule has 1 aromatic carbocycles. The molecule has 1 rings (SSSR count). The molecule has 244 valence electrons. The van der Waals surface area contributed by atoms with Gasteiger partial charge in [0, 0.05) is 0 Å². The lowest BCUT2D eigenvalue weighted by Crippen LogP contribution is -2.39. The Morgan fingerprint density at radius 1 is 0.698 bits per heavy atom. The Morgan fingerprint density at radius 3 is 1.65 bits per heavy atom. The van der Waals surface area contributed by atoms with Gasteiger partial charge in [-0.2, -0.15) is 0 Å². The number of hydrogen-bond donors (Lipinski definition) is 1. The van der Waals surface area contributed by atoms with Gasteiger partial charge in [-0.1, -0.05) is 33.8 Å². The molecule has 0 aromatic heterocycles. The molecule has 12 nitrogen and oxygen atoms in total. The molecule has 0 saturated carbocycles. The van der Waals surface area contributed by atoms with Crippen molar-refractivity contribution in [3.63, 3.8) is 0 Å². The lowest BCUT2D eigenvalue weighted by Gasteiger charge is -2.24. The molecule has 0 spiro atoms. The van der Waals surface area contributed by atoms with E-state index in [0.717, 1.165) is 0 Å². The van der Waals surface area contributed by atoms with E-state index < -0.39 is 53.9 Å². The molecular formula is C31H49NO11. The number of hydrogen-bond acceptors (Lipinski definition) is 12. The predicted octanol–water partition coefficient (Wildman–Crippen LogP) is 6.48. The summed E-state index contributed by atoms with van der Waals surface area (Å²) in [5.41, 5.74) is 5.01. The van der Waals surface area contributed by atoms with Crippen LogP contribution in [0.4, 0.5) is 14.4 Å². The van der Waals surface area contributed by atoms with E-state index in [1.165, 1.54) is 12.1 Å². The first-order chi connectivity index (χ1) is 19.8. The van der Waals surface area contributed by atoms with Crippen molar-refractivity contribution in [2.45, 2.75) is 131 Å². The van der Waals surface area contributed by atoms with Gasteiger partial charge in [0.2, 0.25) is 0 Å². The summed E-state index contributed by atoms with van der Waals surface area (Å²) in [4.78, 5) is 49.7. The number of carbonyl (C=O) groups is 4. The molecule has 0 bridgehead atoms. The van der Waals surface area contributed by atoms with Crippen LogP contribution in [0.15, 0.2) is 18.2 Å². The molecule has 0 aliphatic carbocycles. The molecule has 43 heavy (non-hydrogen) atoms. The number of benzene rings is 1. The van der Waals surface area contributed by atoms with Crippen molar-refractivity contribution in [3.05, 3.63) is 23.8 Å². The Bertz CT molecular complexity index is 1100. The fraction of sp³-hybridized carbons (Fsp3) is 0.677. The highest BCUT2D eigenvalue weighted by atomic mass is 16.8. The molecule has 12 heteroatoms. The van der Waals surface area contributed by atoms with Gasteiger partial charge >= 0.3 is 24.4 Å². The van der Waals surface area contributed by atoms with Crippen LogP contribution in [0.1, 0.15) is 94.6 Å². The molecule has 0 aliphatic rings. The largest absolute Gasteiger partial charge is 0.514 e. The zero-order valence-corrected chi connectivity index (χ0v) is 27.3. The number of rotatable bonds is 14. The van der Waals surface area contributed by atoms with Crippen molar-refractivity contribution >= 4 is 24.4 Å². The average Bonchev–Trinajstić information content (AvgIpc) is 2.89. The van der Waals surface area contributed by atoms with E-state index in [2.05, 4.69) is 0 Å². The first kappa shape index (κ1) is 37.5. The second-order valence-electron chi connectivity index (χ2n) is 12.0. The minimum atomic E-state index is -1.12. The van der Waals surface area contributed by atoms with Crippen molar-refractivity contribution in [2.75, 3.05) is 0 Å². The lowest BCUT2D eigenvalue weighted by molar-refractivity contribution is -0.155. The maximum Gasteiger partial charge on any atom is 0.514 e. The smallest absolute Gasteiger partial charge is 0.458 e. The number of carbonyl (C=O) groups excluding carboxylic acids is 4. The molecule has 0 radical (unpaired) electrons. The monoisotopic (exact) mass is 611 g/mol. The Hall–Kier alpha value is -3.54. The second kappa shape index (κ2) is 16.3. The predicted molar refractivity (Wildman–Crippen MR) is 158 cm³/mol. The highest BCUT2D eigenvalue weighted by Crippen LogP contribution is 2.31. The van der Waals surface area contributed by atoms with E-state index in [9.17, 15) is 19.2 Å². The topological polar surface area (TPSA) is 159 Å². The average molecular weight is 612 g/mol. The van der Waals surface area contributed by atoms with Crippen molar-refractivity contribution in [2.24, 2.45) is 11.7 Å². The molecule has 0 saturated heterocycles. The van der Waals surface area contributed by atoms with Crippen LogP contribution in [0, 0.1) is 5.92 Å². The van der Waals surface area contributed by atoms with Crippen molar-refractivity contribution in [1.82, 2.24) is 0 Å². The quantitative estimate of drug-likeness (QED) is 0.139. The summed E-state index contributed by atoms with van der Waals surface area (Å²) in [5.74, 6) is -0.866. The molecule has 2 N–H and O–H groups in total. The molecule has 1 aromatic rings.